The molecule has 0 saturated heterocycles. The molecule has 1 atom stereocenters. The van der Waals surface area contributed by atoms with Crippen molar-refractivity contribution < 1.29 is 9.72 Å². The summed E-state index contributed by atoms with van der Waals surface area (Å²) in [6.45, 7) is 1.87. The van der Waals surface area contributed by atoms with Gasteiger partial charge in [-0.25, -0.2) is 0 Å². The topological polar surface area (TPSA) is 72.2 Å². The van der Waals surface area contributed by atoms with Crippen LogP contribution in [0, 0.1) is 10.1 Å². The number of carbonyl (C=O) groups excluding carboxylic acids is 1. The molecule has 108 valence electrons. The molecule has 2 aromatic carbocycles. The number of hydrogen-bond acceptors (Lipinski definition) is 3. The number of carbonyl (C=O) groups is 1. The minimum absolute atomic E-state index is 0.0856. The van der Waals surface area contributed by atoms with Crippen LogP contribution in [0.3, 0.4) is 0 Å². The van der Waals surface area contributed by atoms with Crippen molar-refractivity contribution in [2.75, 3.05) is 0 Å². The average Bonchev–Trinajstić information content (AvgIpc) is 2.48. The van der Waals surface area contributed by atoms with Crippen LogP contribution in [0.2, 0.25) is 0 Å². The average molecular weight is 284 g/mol. The van der Waals surface area contributed by atoms with Crippen molar-refractivity contribution in [1.82, 2.24) is 5.32 Å². The third-order valence-electron chi connectivity index (χ3n) is 3.11. The Morgan fingerprint density at radius 1 is 1.14 bits per heavy atom. The van der Waals surface area contributed by atoms with Gasteiger partial charge in [-0.3, -0.25) is 14.9 Å². The van der Waals surface area contributed by atoms with Gasteiger partial charge in [0.05, 0.1) is 4.92 Å². The third kappa shape index (κ3) is 3.89. The second-order valence-electron chi connectivity index (χ2n) is 4.84. The second-order valence-corrected chi connectivity index (χ2v) is 4.84. The largest absolute Gasteiger partial charge is 0.349 e. The van der Waals surface area contributed by atoms with Gasteiger partial charge in [-0.15, -0.1) is 0 Å². The maximum Gasteiger partial charge on any atom is 0.282 e. The van der Waals surface area contributed by atoms with Gasteiger partial charge in [0.15, 0.2) is 0 Å². The first-order valence-electron chi connectivity index (χ1n) is 6.66. The Kier molecular flexibility index (Phi) is 4.66. The smallest absolute Gasteiger partial charge is 0.282 e. The zero-order chi connectivity index (χ0) is 15.2. The number of rotatable bonds is 5. The molecule has 0 bridgehead atoms. The Morgan fingerprint density at radius 2 is 1.76 bits per heavy atom. The van der Waals surface area contributed by atoms with Crippen LogP contribution in [0.5, 0.6) is 0 Å². The first kappa shape index (κ1) is 14.7. The summed E-state index contributed by atoms with van der Waals surface area (Å²) in [5, 5.41) is 13.7. The number of hydrogen-bond donors (Lipinski definition) is 1. The van der Waals surface area contributed by atoms with Crippen molar-refractivity contribution in [3.8, 4) is 0 Å². The summed E-state index contributed by atoms with van der Waals surface area (Å²) in [5.41, 5.74) is 1.01. The Morgan fingerprint density at radius 3 is 2.43 bits per heavy atom. The van der Waals surface area contributed by atoms with E-state index in [0.29, 0.717) is 6.42 Å². The first-order chi connectivity index (χ1) is 10.1. The molecule has 0 saturated carbocycles. The van der Waals surface area contributed by atoms with Gasteiger partial charge < -0.3 is 5.32 Å². The highest BCUT2D eigenvalue weighted by Crippen LogP contribution is 2.17. The summed E-state index contributed by atoms with van der Waals surface area (Å²) < 4.78 is 0. The number of para-hydroxylation sites is 1. The van der Waals surface area contributed by atoms with Gasteiger partial charge in [0, 0.05) is 12.1 Å². The minimum Gasteiger partial charge on any atom is -0.349 e. The molecule has 1 amide bonds. The molecule has 5 heteroatoms. The molecule has 0 aliphatic carbocycles. The van der Waals surface area contributed by atoms with E-state index >= 15 is 0 Å². The molecule has 0 aromatic heterocycles. The number of amides is 1. The molecule has 0 aliphatic heterocycles. The van der Waals surface area contributed by atoms with E-state index in [1.54, 1.807) is 12.1 Å². The molecule has 1 unspecified atom stereocenters. The van der Waals surface area contributed by atoms with Crippen molar-refractivity contribution in [2.24, 2.45) is 0 Å². The number of nitro groups is 1. The van der Waals surface area contributed by atoms with Crippen LogP contribution in [-0.4, -0.2) is 16.9 Å². The first-order valence-corrected chi connectivity index (χ1v) is 6.66. The number of nitrogens with one attached hydrogen (secondary N) is 1. The van der Waals surface area contributed by atoms with Gasteiger partial charge in [-0.2, -0.15) is 0 Å². The van der Waals surface area contributed by atoms with E-state index < -0.39 is 10.8 Å². The molecule has 5 nitrogen and oxygen atoms in total. The van der Waals surface area contributed by atoms with Gasteiger partial charge in [-0.1, -0.05) is 42.5 Å². The second kappa shape index (κ2) is 6.65. The summed E-state index contributed by atoms with van der Waals surface area (Å²) in [7, 11) is 0. The Labute approximate surface area is 122 Å². The monoisotopic (exact) mass is 284 g/mol. The Bertz CT molecular complexity index is 641. The van der Waals surface area contributed by atoms with Crippen molar-refractivity contribution >= 4 is 11.6 Å². The van der Waals surface area contributed by atoms with E-state index in [2.05, 4.69) is 5.32 Å². The Balaban J connectivity index is 2.06. The van der Waals surface area contributed by atoms with E-state index in [-0.39, 0.29) is 17.3 Å². The lowest BCUT2D eigenvalue weighted by atomic mass is 10.1. The van der Waals surface area contributed by atoms with Crippen molar-refractivity contribution in [3.63, 3.8) is 0 Å². The molecule has 1 N–H and O–H groups in total. The molecular formula is C16H16N2O3. The third-order valence-corrected chi connectivity index (χ3v) is 3.11. The summed E-state index contributed by atoms with van der Waals surface area (Å²) in [4.78, 5) is 22.5. The summed E-state index contributed by atoms with van der Waals surface area (Å²) >= 11 is 0. The van der Waals surface area contributed by atoms with Crippen LogP contribution < -0.4 is 5.32 Å². The van der Waals surface area contributed by atoms with Gasteiger partial charge in [0.1, 0.15) is 5.56 Å². The van der Waals surface area contributed by atoms with E-state index in [1.807, 2.05) is 37.3 Å². The number of nitrogens with zero attached hydrogens (tertiary/aromatic N) is 1. The van der Waals surface area contributed by atoms with Crippen LogP contribution >= 0.6 is 0 Å². The summed E-state index contributed by atoms with van der Waals surface area (Å²) in [6, 6.07) is 15.6. The number of nitro benzene ring substituents is 1. The quantitative estimate of drug-likeness (QED) is 0.677. The fourth-order valence-electron chi connectivity index (χ4n) is 2.15. The molecule has 0 fully saturated rings. The molecule has 0 radical (unpaired) electrons. The van der Waals surface area contributed by atoms with Gasteiger partial charge >= 0.3 is 0 Å². The van der Waals surface area contributed by atoms with Crippen LogP contribution in [-0.2, 0) is 6.42 Å². The van der Waals surface area contributed by atoms with Crippen LogP contribution in [0.25, 0.3) is 0 Å². The zero-order valence-corrected chi connectivity index (χ0v) is 11.7. The predicted octanol–water partition coefficient (Wildman–Crippen LogP) is 2.96. The maximum absolute atomic E-state index is 12.2. The van der Waals surface area contributed by atoms with Crippen LogP contribution in [0.4, 0.5) is 5.69 Å². The zero-order valence-electron chi connectivity index (χ0n) is 11.7. The number of benzene rings is 2. The lowest BCUT2D eigenvalue weighted by Crippen LogP contribution is -2.34. The van der Waals surface area contributed by atoms with Crippen molar-refractivity contribution in [2.45, 2.75) is 19.4 Å². The lowest BCUT2D eigenvalue weighted by Gasteiger charge is -2.14. The van der Waals surface area contributed by atoms with E-state index in [4.69, 9.17) is 0 Å². The lowest BCUT2D eigenvalue weighted by molar-refractivity contribution is -0.385. The van der Waals surface area contributed by atoms with E-state index in [9.17, 15) is 14.9 Å². The standard InChI is InChI=1S/C16H16N2O3/c1-12(11-13-7-3-2-4-8-13)17-16(19)14-9-5-6-10-15(14)18(20)21/h2-10,12H,11H2,1H3,(H,17,19). The SMILES string of the molecule is CC(Cc1ccccc1)NC(=O)c1ccccc1[N+](=O)[O-]. The van der Waals surface area contributed by atoms with Gasteiger partial charge in [-0.05, 0) is 25.0 Å². The normalized spacial score (nSPS) is 11.7. The predicted molar refractivity (Wildman–Crippen MR) is 80.2 cm³/mol. The minimum atomic E-state index is -0.545. The molecule has 0 spiro atoms. The highest BCUT2D eigenvalue weighted by atomic mass is 16.6. The Hall–Kier alpha value is -2.69. The fraction of sp³-hybridized carbons (Fsp3) is 0.188. The summed E-state index contributed by atoms with van der Waals surface area (Å²) in [5.74, 6) is -0.425. The van der Waals surface area contributed by atoms with Crippen LogP contribution in [0.15, 0.2) is 54.6 Å². The van der Waals surface area contributed by atoms with E-state index in [1.165, 1.54) is 12.1 Å². The molecule has 21 heavy (non-hydrogen) atoms. The van der Waals surface area contributed by atoms with Crippen molar-refractivity contribution in [1.29, 1.82) is 0 Å². The van der Waals surface area contributed by atoms with Crippen molar-refractivity contribution in [3.05, 3.63) is 75.8 Å². The molecule has 2 aromatic rings. The summed E-state index contributed by atoms with van der Waals surface area (Å²) in [6.07, 6.45) is 0.674. The highest BCUT2D eigenvalue weighted by molar-refractivity contribution is 5.98. The molecule has 2 rings (SSSR count). The van der Waals surface area contributed by atoms with Crippen LogP contribution in [0.1, 0.15) is 22.8 Å². The highest BCUT2D eigenvalue weighted by Gasteiger charge is 2.20. The molecular weight excluding hydrogens is 268 g/mol. The van der Waals surface area contributed by atoms with Gasteiger partial charge in [0.25, 0.3) is 11.6 Å². The fourth-order valence-corrected chi connectivity index (χ4v) is 2.15. The van der Waals surface area contributed by atoms with E-state index in [0.717, 1.165) is 5.56 Å². The molecule has 0 aliphatic rings. The van der Waals surface area contributed by atoms with Gasteiger partial charge in [0.2, 0.25) is 0 Å². The maximum atomic E-state index is 12.2. The molecule has 0 heterocycles.